The molecule has 0 aliphatic rings. The van der Waals surface area contributed by atoms with Gasteiger partial charge < -0.3 is 10.4 Å². The first kappa shape index (κ1) is 11.4. The standard InChI is InChI=1S/C9H19NO2/c1-4-9(12)10-8(5-6-11)7(2)3/h7-8,11H,4-6H2,1-3H3,(H,10,12). The highest BCUT2D eigenvalue weighted by Crippen LogP contribution is 2.05. The van der Waals surface area contributed by atoms with Crippen LogP contribution in [0.15, 0.2) is 0 Å². The quantitative estimate of drug-likeness (QED) is 0.649. The van der Waals surface area contributed by atoms with Crippen LogP contribution < -0.4 is 5.32 Å². The van der Waals surface area contributed by atoms with Crippen LogP contribution in [-0.2, 0) is 4.79 Å². The maximum Gasteiger partial charge on any atom is 0.219 e. The lowest BCUT2D eigenvalue weighted by Gasteiger charge is -2.20. The van der Waals surface area contributed by atoms with Crippen LogP contribution in [0.5, 0.6) is 0 Å². The second kappa shape index (κ2) is 6.00. The van der Waals surface area contributed by atoms with Crippen LogP contribution in [0, 0.1) is 5.92 Å². The van der Waals surface area contributed by atoms with E-state index in [1.54, 1.807) is 0 Å². The maximum absolute atomic E-state index is 11.0. The Morgan fingerprint density at radius 3 is 2.42 bits per heavy atom. The predicted octanol–water partition coefficient (Wildman–Crippen LogP) is 0.920. The molecule has 0 rings (SSSR count). The number of amides is 1. The molecule has 0 fully saturated rings. The topological polar surface area (TPSA) is 49.3 Å². The van der Waals surface area contributed by atoms with E-state index in [1.807, 2.05) is 20.8 Å². The Kier molecular flexibility index (Phi) is 5.72. The van der Waals surface area contributed by atoms with Crippen LogP contribution in [0.1, 0.15) is 33.6 Å². The Morgan fingerprint density at radius 2 is 2.08 bits per heavy atom. The lowest BCUT2D eigenvalue weighted by molar-refractivity contribution is -0.121. The van der Waals surface area contributed by atoms with Crippen LogP contribution in [0.25, 0.3) is 0 Å². The average molecular weight is 173 g/mol. The molecule has 3 nitrogen and oxygen atoms in total. The summed E-state index contributed by atoms with van der Waals surface area (Å²) in [4.78, 5) is 11.0. The summed E-state index contributed by atoms with van der Waals surface area (Å²) in [6, 6.07) is 0.113. The van der Waals surface area contributed by atoms with Gasteiger partial charge in [-0.15, -0.1) is 0 Å². The highest BCUT2D eigenvalue weighted by atomic mass is 16.3. The van der Waals surface area contributed by atoms with E-state index in [2.05, 4.69) is 5.32 Å². The Labute approximate surface area is 74.2 Å². The second-order valence-corrected chi connectivity index (χ2v) is 3.28. The van der Waals surface area contributed by atoms with Crippen molar-refractivity contribution in [1.82, 2.24) is 5.32 Å². The van der Waals surface area contributed by atoms with Gasteiger partial charge in [-0.1, -0.05) is 20.8 Å². The lowest BCUT2D eigenvalue weighted by Crippen LogP contribution is -2.38. The normalized spacial score (nSPS) is 13.1. The summed E-state index contributed by atoms with van der Waals surface area (Å²) in [5.74, 6) is 0.440. The van der Waals surface area contributed by atoms with Crippen LogP contribution >= 0.6 is 0 Å². The fourth-order valence-corrected chi connectivity index (χ4v) is 1.02. The van der Waals surface area contributed by atoms with Gasteiger partial charge >= 0.3 is 0 Å². The van der Waals surface area contributed by atoms with Crippen molar-refractivity contribution in [3.8, 4) is 0 Å². The minimum atomic E-state index is 0.0575. The van der Waals surface area contributed by atoms with Gasteiger partial charge in [0.1, 0.15) is 0 Å². The Bertz CT molecular complexity index is 134. The molecule has 0 aliphatic carbocycles. The second-order valence-electron chi connectivity index (χ2n) is 3.28. The van der Waals surface area contributed by atoms with E-state index < -0.39 is 0 Å². The number of aliphatic hydroxyl groups is 1. The Hall–Kier alpha value is -0.570. The summed E-state index contributed by atoms with van der Waals surface area (Å²) < 4.78 is 0. The zero-order valence-electron chi connectivity index (χ0n) is 8.13. The van der Waals surface area contributed by atoms with Gasteiger partial charge in [0.2, 0.25) is 5.91 Å². The summed E-state index contributed by atoms with van der Waals surface area (Å²) in [5, 5.41) is 11.6. The molecule has 0 saturated carbocycles. The lowest BCUT2D eigenvalue weighted by atomic mass is 10.0. The van der Waals surface area contributed by atoms with Gasteiger partial charge in [-0.25, -0.2) is 0 Å². The molecule has 1 amide bonds. The Balaban J connectivity index is 3.86. The van der Waals surface area contributed by atoms with Crippen molar-refractivity contribution in [2.24, 2.45) is 5.92 Å². The average Bonchev–Trinajstić information content (AvgIpc) is 2.03. The third-order valence-electron chi connectivity index (χ3n) is 1.91. The van der Waals surface area contributed by atoms with Gasteiger partial charge in [0.25, 0.3) is 0 Å². The molecule has 1 unspecified atom stereocenters. The van der Waals surface area contributed by atoms with Crippen molar-refractivity contribution in [1.29, 1.82) is 0 Å². The molecule has 0 saturated heterocycles. The maximum atomic E-state index is 11.0. The molecule has 0 aliphatic heterocycles. The van der Waals surface area contributed by atoms with Gasteiger partial charge in [0.15, 0.2) is 0 Å². The number of rotatable bonds is 5. The molecule has 0 radical (unpaired) electrons. The van der Waals surface area contributed by atoms with Crippen molar-refractivity contribution in [2.45, 2.75) is 39.7 Å². The number of carbonyl (C=O) groups excluding carboxylic acids is 1. The number of nitrogens with one attached hydrogen (secondary N) is 1. The molecule has 0 heterocycles. The molecule has 1 atom stereocenters. The van der Waals surface area contributed by atoms with E-state index in [4.69, 9.17) is 5.11 Å². The number of aliphatic hydroxyl groups excluding tert-OH is 1. The zero-order chi connectivity index (χ0) is 9.56. The van der Waals surface area contributed by atoms with E-state index in [-0.39, 0.29) is 18.6 Å². The zero-order valence-corrected chi connectivity index (χ0v) is 8.13. The van der Waals surface area contributed by atoms with Crippen LogP contribution in [0.2, 0.25) is 0 Å². The molecule has 3 heteroatoms. The smallest absolute Gasteiger partial charge is 0.219 e. The minimum Gasteiger partial charge on any atom is -0.396 e. The first-order chi connectivity index (χ1) is 5.61. The van der Waals surface area contributed by atoms with Crippen LogP contribution in [-0.4, -0.2) is 23.7 Å². The van der Waals surface area contributed by atoms with Gasteiger partial charge in [0, 0.05) is 19.1 Å². The largest absolute Gasteiger partial charge is 0.396 e. The fourth-order valence-electron chi connectivity index (χ4n) is 1.02. The minimum absolute atomic E-state index is 0.0575. The van der Waals surface area contributed by atoms with E-state index >= 15 is 0 Å². The molecule has 72 valence electrons. The SMILES string of the molecule is CCC(=O)NC(CCO)C(C)C. The third kappa shape index (κ3) is 4.34. The molecule has 0 spiro atoms. The summed E-state index contributed by atoms with van der Waals surface area (Å²) in [6.45, 7) is 6.03. The molecule has 12 heavy (non-hydrogen) atoms. The van der Waals surface area contributed by atoms with Gasteiger partial charge in [-0.2, -0.15) is 0 Å². The molecular weight excluding hydrogens is 154 g/mol. The van der Waals surface area contributed by atoms with Gasteiger partial charge in [-0.3, -0.25) is 4.79 Å². The van der Waals surface area contributed by atoms with Crippen LogP contribution in [0.3, 0.4) is 0 Å². The predicted molar refractivity (Wildman–Crippen MR) is 48.8 cm³/mol. The molecule has 0 aromatic carbocycles. The van der Waals surface area contributed by atoms with E-state index in [1.165, 1.54) is 0 Å². The fraction of sp³-hybridized carbons (Fsp3) is 0.889. The van der Waals surface area contributed by atoms with Crippen LogP contribution in [0.4, 0.5) is 0 Å². The Morgan fingerprint density at radius 1 is 1.50 bits per heavy atom. The summed E-state index contributed by atoms with van der Waals surface area (Å²) in [6.07, 6.45) is 1.15. The van der Waals surface area contributed by atoms with E-state index in [0.717, 1.165) is 0 Å². The first-order valence-electron chi connectivity index (χ1n) is 4.52. The summed E-state index contributed by atoms with van der Waals surface area (Å²) >= 11 is 0. The molecule has 0 aromatic rings. The van der Waals surface area contributed by atoms with E-state index in [9.17, 15) is 4.79 Å². The summed E-state index contributed by atoms with van der Waals surface area (Å²) in [5.41, 5.74) is 0. The number of hydrogen-bond donors (Lipinski definition) is 2. The summed E-state index contributed by atoms with van der Waals surface area (Å²) in [7, 11) is 0. The van der Waals surface area contributed by atoms with Gasteiger partial charge in [-0.05, 0) is 12.3 Å². The first-order valence-corrected chi connectivity index (χ1v) is 4.52. The number of hydrogen-bond acceptors (Lipinski definition) is 2. The molecule has 2 N–H and O–H groups in total. The highest BCUT2D eigenvalue weighted by molar-refractivity contribution is 5.75. The molecule has 0 bridgehead atoms. The van der Waals surface area contributed by atoms with E-state index in [0.29, 0.717) is 18.8 Å². The molecule has 0 aromatic heterocycles. The third-order valence-corrected chi connectivity index (χ3v) is 1.91. The molecular formula is C9H19NO2. The monoisotopic (exact) mass is 173 g/mol. The van der Waals surface area contributed by atoms with Crippen molar-refractivity contribution in [3.63, 3.8) is 0 Å². The van der Waals surface area contributed by atoms with Crippen molar-refractivity contribution < 1.29 is 9.90 Å². The van der Waals surface area contributed by atoms with Crippen molar-refractivity contribution in [2.75, 3.05) is 6.61 Å². The van der Waals surface area contributed by atoms with Gasteiger partial charge in [0.05, 0.1) is 0 Å². The van der Waals surface area contributed by atoms with Crippen molar-refractivity contribution >= 4 is 5.91 Å². The highest BCUT2D eigenvalue weighted by Gasteiger charge is 2.13. The van der Waals surface area contributed by atoms with Crippen molar-refractivity contribution in [3.05, 3.63) is 0 Å². The number of carbonyl (C=O) groups is 1.